The van der Waals surface area contributed by atoms with Crippen LogP contribution in [-0.4, -0.2) is 26.0 Å². The summed E-state index contributed by atoms with van der Waals surface area (Å²) in [6.07, 6.45) is 0.899. The van der Waals surface area contributed by atoms with Crippen molar-refractivity contribution in [2.75, 3.05) is 20.1 Å². The van der Waals surface area contributed by atoms with E-state index < -0.39 is 0 Å². The fourth-order valence-corrected chi connectivity index (χ4v) is 2.13. The number of benzene rings is 1. The molecule has 0 saturated carbocycles. The molecule has 0 aliphatic rings. The SMILES string of the molecule is CNCC(C)C(=O)NCCc1c(C)cccc1C. The zero-order chi connectivity index (χ0) is 13.5. The van der Waals surface area contributed by atoms with Crippen molar-refractivity contribution in [1.29, 1.82) is 0 Å². The Morgan fingerprint density at radius 1 is 1.28 bits per heavy atom. The highest BCUT2D eigenvalue weighted by Crippen LogP contribution is 2.13. The zero-order valence-electron chi connectivity index (χ0n) is 11.8. The van der Waals surface area contributed by atoms with Gasteiger partial charge >= 0.3 is 0 Å². The molecule has 0 saturated heterocycles. The Hall–Kier alpha value is -1.35. The van der Waals surface area contributed by atoms with Crippen LogP contribution in [-0.2, 0) is 11.2 Å². The van der Waals surface area contributed by atoms with Gasteiger partial charge in [0.25, 0.3) is 0 Å². The Labute approximate surface area is 110 Å². The summed E-state index contributed by atoms with van der Waals surface area (Å²) in [5.74, 6) is 0.142. The molecule has 1 unspecified atom stereocenters. The largest absolute Gasteiger partial charge is 0.355 e. The topological polar surface area (TPSA) is 41.1 Å². The van der Waals surface area contributed by atoms with Crippen molar-refractivity contribution in [3.63, 3.8) is 0 Å². The van der Waals surface area contributed by atoms with E-state index in [1.165, 1.54) is 16.7 Å². The number of carbonyl (C=O) groups excluding carboxylic acids is 1. The molecule has 0 bridgehead atoms. The number of rotatable bonds is 6. The van der Waals surface area contributed by atoms with E-state index in [0.29, 0.717) is 6.54 Å². The fourth-order valence-electron chi connectivity index (χ4n) is 2.13. The Morgan fingerprint density at radius 3 is 2.44 bits per heavy atom. The van der Waals surface area contributed by atoms with Gasteiger partial charge in [0.1, 0.15) is 0 Å². The summed E-state index contributed by atoms with van der Waals surface area (Å²) in [7, 11) is 1.86. The van der Waals surface area contributed by atoms with Crippen LogP contribution in [0.1, 0.15) is 23.6 Å². The van der Waals surface area contributed by atoms with Crippen LogP contribution >= 0.6 is 0 Å². The second-order valence-electron chi connectivity index (χ2n) is 4.87. The molecule has 3 heteroatoms. The molecule has 1 atom stereocenters. The van der Waals surface area contributed by atoms with Crippen molar-refractivity contribution in [1.82, 2.24) is 10.6 Å². The van der Waals surface area contributed by atoms with E-state index in [4.69, 9.17) is 0 Å². The summed E-state index contributed by atoms with van der Waals surface area (Å²) >= 11 is 0. The predicted octanol–water partition coefficient (Wildman–Crippen LogP) is 1.82. The van der Waals surface area contributed by atoms with Crippen LogP contribution in [0, 0.1) is 19.8 Å². The van der Waals surface area contributed by atoms with E-state index in [2.05, 4.69) is 42.7 Å². The molecule has 0 spiro atoms. The van der Waals surface area contributed by atoms with Gasteiger partial charge in [0, 0.05) is 19.0 Å². The molecule has 2 N–H and O–H groups in total. The predicted molar refractivity (Wildman–Crippen MR) is 75.7 cm³/mol. The van der Waals surface area contributed by atoms with Crippen LogP contribution in [0.3, 0.4) is 0 Å². The molecule has 1 rings (SSSR count). The molecule has 18 heavy (non-hydrogen) atoms. The van der Waals surface area contributed by atoms with Crippen LogP contribution in [0.2, 0.25) is 0 Å². The van der Waals surface area contributed by atoms with Gasteiger partial charge < -0.3 is 10.6 Å². The first-order valence-corrected chi connectivity index (χ1v) is 6.53. The van der Waals surface area contributed by atoms with E-state index in [-0.39, 0.29) is 11.8 Å². The molecule has 1 aromatic rings. The van der Waals surface area contributed by atoms with Crippen LogP contribution in [0.25, 0.3) is 0 Å². The Kier molecular flexibility index (Phi) is 5.86. The van der Waals surface area contributed by atoms with Gasteiger partial charge in [0.15, 0.2) is 0 Å². The number of nitrogens with one attached hydrogen (secondary N) is 2. The standard InChI is InChI=1S/C15H24N2O/c1-11-6-5-7-12(2)14(11)8-9-17-15(18)13(3)10-16-4/h5-7,13,16H,8-10H2,1-4H3,(H,17,18). The molecule has 0 aromatic heterocycles. The minimum atomic E-state index is 0.0213. The maximum Gasteiger partial charge on any atom is 0.224 e. The minimum absolute atomic E-state index is 0.0213. The molecule has 1 aromatic carbocycles. The summed E-state index contributed by atoms with van der Waals surface area (Å²) in [6.45, 7) is 7.60. The first kappa shape index (κ1) is 14.7. The van der Waals surface area contributed by atoms with Crippen molar-refractivity contribution >= 4 is 5.91 Å². The number of carbonyl (C=O) groups is 1. The Balaban J connectivity index is 2.44. The number of hydrogen-bond donors (Lipinski definition) is 2. The molecule has 100 valence electrons. The average Bonchev–Trinajstić information content (AvgIpc) is 2.33. The van der Waals surface area contributed by atoms with Gasteiger partial charge in [-0.05, 0) is 44.0 Å². The van der Waals surface area contributed by atoms with Crippen LogP contribution < -0.4 is 10.6 Å². The van der Waals surface area contributed by atoms with Gasteiger partial charge in [-0.3, -0.25) is 4.79 Å². The second kappa shape index (κ2) is 7.17. The molecular weight excluding hydrogens is 224 g/mol. The van der Waals surface area contributed by atoms with Crippen molar-refractivity contribution in [3.05, 3.63) is 34.9 Å². The summed E-state index contributed by atoms with van der Waals surface area (Å²) in [5, 5.41) is 6.01. The lowest BCUT2D eigenvalue weighted by Gasteiger charge is -2.13. The molecule has 0 radical (unpaired) electrons. The number of aryl methyl sites for hydroxylation is 2. The van der Waals surface area contributed by atoms with Crippen molar-refractivity contribution in [3.8, 4) is 0 Å². The second-order valence-corrected chi connectivity index (χ2v) is 4.87. The van der Waals surface area contributed by atoms with Crippen molar-refractivity contribution in [2.45, 2.75) is 27.2 Å². The third-order valence-corrected chi connectivity index (χ3v) is 3.28. The summed E-state index contributed by atoms with van der Waals surface area (Å²) in [4.78, 5) is 11.7. The number of amides is 1. The van der Waals surface area contributed by atoms with Crippen molar-refractivity contribution in [2.24, 2.45) is 5.92 Å². The van der Waals surface area contributed by atoms with Crippen LogP contribution in [0.15, 0.2) is 18.2 Å². The lowest BCUT2D eigenvalue weighted by Crippen LogP contribution is -2.35. The van der Waals surface area contributed by atoms with Gasteiger partial charge in [-0.1, -0.05) is 25.1 Å². The normalized spacial score (nSPS) is 12.2. The van der Waals surface area contributed by atoms with Gasteiger partial charge in [0.05, 0.1) is 0 Å². The van der Waals surface area contributed by atoms with E-state index in [1.807, 2.05) is 14.0 Å². The van der Waals surface area contributed by atoms with E-state index >= 15 is 0 Å². The van der Waals surface area contributed by atoms with E-state index in [9.17, 15) is 4.79 Å². The first-order chi connectivity index (χ1) is 8.56. The van der Waals surface area contributed by atoms with Crippen molar-refractivity contribution < 1.29 is 4.79 Å². The van der Waals surface area contributed by atoms with E-state index in [0.717, 1.165) is 13.0 Å². The molecule has 0 heterocycles. The third-order valence-electron chi connectivity index (χ3n) is 3.28. The molecule has 1 amide bonds. The molecular formula is C15H24N2O. The minimum Gasteiger partial charge on any atom is -0.355 e. The Morgan fingerprint density at radius 2 is 1.89 bits per heavy atom. The first-order valence-electron chi connectivity index (χ1n) is 6.53. The summed E-state index contributed by atoms with van der Waals surface area (Å²) in [5.41, 5.74) is 3.94. The lowest BCUT2D eigenvalue weighted by molar-refractivity contribution is -0.124. The van der Waals surface area contributed by atoms with Crippen LogP contribution in [0.4, 0.5) is 0 Å². The maximum absolute atomic E-state index is 11.7. The van der Waals surface area contributed by atoms with Gasteiger partial charge in [-0.15, -0.1) is 0 Å². The monoisotopic (exact) mass is 248 g/mol. The number of hydrogen-bond acceptors (Lipinski definition) is 2. The highest BCUT2D eigenvalue weighted by atomic mass is 16.1. The summed E-state index contributed by atoms with van der Waals surface area (Å²) < 4.78 is 0. The molecule has 3 nitrogen and oxygen atoms in total. The third kappa shape index (κ3) is 4.15. The smallest absolute Gasteiger partial charge is 0.224 e. The molecule has 0 aliphatic carbocycles. The summed E-state index contributed by atoms with van der Waals surface area (Å²) in [6, 6.07) is 6.31. The average molecular weight is 248 g/mol. The lowest BCUT2D eigenvalue weighted by atomic mass is 10.00. The van der Waals surface area contributed by atoms with E-state index in [1.54, 1.807) is 0 Å². The van der Waals surface area contributed by atoms with Gasteiger partial charge in [-0.25, -0.2) is 0 Å². The highest BCUT2D eigenvalue weighted by Gasteiger charge is 2.11. The molecule has 0 fully saturated rings. The highest BCUT2D eigenvalue weighted by molar-refractivity contribution is 5.78. The molecule has 0 aliphatic heterocycles. The quantitative estimate of drug-likeness (QED) is 0.806. The van der Waals surface area contributed by atoms with Gasteiger partial charge in [-0.2, -0.15) is 0 Å². The zero-order valence-corrected chi connectivity index (χ0v) is 11.8. The van der Waals surface area contributed by atoms with Gasteiger partial charge in [0.2, 0.25) is 5.91 Å². The maximum atomic E-state index is 11.7. The Bertz CT molecular complexity index is 381. The van der Waals surface area contributed by atoms with Crippen LogP contribution in [0.5, 0.6) is 0 Å². The fraction of sp³-hybridized carbons (Fsp3) is 0.533.